The molecule has 0 aliphatic rings. The van der Waals surface area contributed by atoms with Gasteiger partial charge in [-0.15, -0.1) is 0 Å². The van der Waals surface area contributed by atoms with Crippen molar-refractivity contribution in [1.29, 1.82) is 0 Å². The van der Waals surface area contributed by atoms with Gasteiger partial charge in [0.25, 0.3) is 0 Å². The van der Waals surface area contributed by atoms with Crippen LogP contribution in [0.4, 0.5) is 4.79 Å². The van der Waals surface area contributed by atoms with Crippen LogP contribution < -0.4 is 16.4 Å². The van der Waals surface area contributed by atoms with E-state index in [0.29, 0.717) is 30.4 Å². The fourth-order valence-electron chi connectivity index (χ4n) is 3.57. The van der Waals surface area contributed by atoms with Crippen LogP contribution in [-0.4, -0.2) is 52.6 Å². The summed E-state index contributed by atoms with van der Waals surface area (Å²) in [7, 11) is 0. The molecule has 2 amide bonds. The maximum Gasteiger partial charge on any atom is 0.408 e. The summed E-state index contributed by atoms with van der Waals surface area (Å²) in [4.78, 5) is 50.1. The Labute approximate surface area is 208 Å². The molecular weight excluding hydrogens is 450 g/mol. The molecule has 0 saturated heterocycles. The summed E-state index contributed by atoms with van der Waals surface area (Å²) < 4.78 is 5.24. The zero-order valence-corrected chi connectivity index (χ0v) is 21.7. The summed E-state index contributed by atoms with van der Waals surface area (Å²) >= 11 is 0. The Hall–Kier alpha value is -2.94. The molecule has 9 heteroatoms. The molecule has 0 fully saturated rings. The van der Waals surface area contributed by atoms with Crippen molar-refractivity contribution in [1.82, 2.24) is 10.6 Å². The molecule has 0 aromatic heterocycles. The van der Waals surface area contributed by atoms with Crippen molar-refractivity contribution < 1.29 is 29.0 Å². The Kier molecular flexibility index (Phi) is 11.9. The lowest BCUT2D eigenvalue weighted by Gasteiger charge is -2.25. The third-order valence-corrected chi connectivity index (χ3v) is 5.24. The molecule has 1 aromatic rings. The van der Waals surface area contributed by atoms with E-state index in [1.807, 2.05) is 20.8 Å². The molecule has 0 saturated carbocycles. The van der Waals surface area contributed by atoms with Crippen molar-refractivity contribution in [2.24, 2.45) is 11.7 Å². The van der Waals surface area contributed by atoms with Crippen LogP contribution in [0, 0.1) is 5.92 Å². The number of rotatable bonds is 13. The number of ketones is 1. The molecular formula is C26H41N3O6. The molecule has 1 aromatic carbocycles. The van der Waals surface area contributed by atoms with Crippen LogP contribution in [0.3, 0.4) is 0 Å². The summed E-state index contributed by atoms with van der Waals surface area (Å²) in [6, 6.07) is 3.71. The van der Waals surface area contributed by atoms with E-state index < -0.39 is 41.7 Å². The number of nitrogens with one attached hydrogen (secondary N) is 2. The SMILES string of the molecule is CCCCC(NC(=O)OC(C)(C)C)C(=O)NC(Cc1ccccc1C(=O)C(N)CC(C)C)C(=O)O. The van der Waals surface area contributed by atoms with Gasteiger partial charge in [-0.3, -0.25) is 9.59 Å². The number of hydrogen-bond acceptors (Lipinski definition) is 6. The molecule has 1 rings (SSSR count). The number of nitrogens with two attached hydrogens (primary N) is 1. The van der Waals surface area contributed by atoms with Gasteiger partial charge in [0.2, 0.25) is 5.91 Å². The number of carboxylic acid groups (broad SMARTS) is 1. The van der Waals surface area contributed by atoms with Crippen LogP contribution in [0.15, 0.2) is 24.3 Å². The van der Waals surface area contributed by atoms with E-state index in [9.17, 15) is 24.3 Å². The number of carboxylic acids is 1. The lowest BCUT2D eigenvalue weighted by atomic mass is 9.91. The van der Waals surface area contributed by atoms with Crippen LogP contribution >= 0.6 is 0 Å². The van der Waals surface area contributed by atoms with Crippen LogP contribution in [0.5, 0.6) is 0 Å². The number of hydrogen-bond donors (Lipinski definition) is 4. The molecule has 196 valence electrons. The van der Waals surface area contributed by atoms with Crippen molar-refractivity contribution in [3.05, 3.63) is 35.4 Å². The first-order valence-corrected chi connectivity index (χ1v) is 12.2. The van der Waals surface area contributed by atoms with Crippen molar-refractivity contribution >= 4 is 23.8 Å². The lowest BCUT2D eigenvalue weighted by Crippen LogP contribution is -2.53. The number of alkyl carbamates (subject to hydrolysis) is 1. The standard InChI is InChI=1S/C26H41N3O6/c1-7-8-13-20(29-25(34)35-26(4,5)6)23(31)28-21(24(32)33)15-17-11-9-10-12-18(17)22(30)19(27)14-16(2)3/h9-12,16,19-21H,7-8,13-15,27H2,1-6H3,(H,28,31)(H,29,34)(H,32,33). The molecule has 3 atom stereocenters. The quantitative estimate of drug-likeness (QED) is 0.309. The minimum atomic E-state index is -1.30. The number of carbonyl (C=O) groups excluding carboxylic acids is 3. The minimum Gasteiger partial charge on any atom is -0.480 e. The highest BCUT2D eigenvalue weighted by atomic mass is 16.6. The van der Waals surface area contributed by atoms with E-state index in [1.165, 1.54) is 0 Å². The fourth-order valence-corrected chi connectivity index (χ4v) is 3.57. The maximum atomic E-state index is 13.0. The van der Waals surface area contributed by atoms with Crippen molar-refractivity contribution in [3.63, 3.8) is 0 Å². The van der Waals surface area contributed by atoms with Gasteiger partial charge in [0.05, 0.1) is 6.04 Å². The third kappa shape index (κ3) is 10.9. The molecule has 0 aliphatic heterocycles. The van der Waals surface area contributed by atoms with Crippen LogP contribution in [0.1, 0.15) is 83.1 Å². The number of Topliss-reactive ketones (excluding diaryl/α,β-unsaturated/α-hetero) is 1. The maximum absolute atomic E-state index is 13.0. The van der Waals surface area contributed by atoms with E-state index in [1.54, 1.807) is 45.0 Å². The first-order valence-electron chi connectivity index (χ1n) is 12.2. The third-order valence-electron chi connectivity index (χ3n) is 5.24. The summed E-state index contributed by atoms with van der Waals surface area (Å²) in [6.07, 6.45) is 1.40. The van der Waals surface area contributed by atoms with E-state index in [2.05, 4.69) is 10.6 Å². The van der Waals surface area contributed by atoms with Gasteiger partial charge in [-0.25, -0.2) is 9.59 Å². The monoisotopic (exact) mass is 491 g/mol. The van der Waals surface area contributed by atoms with Crippen LogP contribution in [0.25, 0.3) is 0 Å². The normalized spacial score (nSPS) is 14.1. The largest absolute Gasteiger partial charge is 0.480 e. The average Bonchev–Trinajstić information content (AvgIpc) is 2.74. The second-order valence-corrected chi connectivity index (χ2v) is 10.2. The predicted molar refractivity (Wildman–Crippen MR) is 134 cm³/mol. The summed E-state index contributed by atoms with van der Waals surface area (Å²) in [5, 5.41) is 14.9. The summed E-state index contributed by atoms with van der Waals surface area (Å²) in [5.41, 5.74) is 6.16. The minimum absolute atomic E-state index is 0.107. The van der Waals surface area contributed by atoms with E-state index in [0.717, 1.165) is 6.42 Å². The number of carbonyl (C=O) groups is 4. The zero-order chi connectivity index (χ0) is 26.8. The van der Waals surface area contributed by atoms with Gasteiger partial charge in [-0.2, -0.15) is 0 Å². The molecule has 0 aliphatic carbocycles. The van der Waals surface area contributed by atoms with Gasteiger partial charge in [0, 0.05) is 12.0 Å². The van der Waals surface area contributed by atoms with Crippen LogP contribution in [-0.2, 0) is 20.7 Å². The van der Waals surface area contributed by atoms with E-state index in [-0.39, 0.29) is 18.1 Å². The molecule has 35 heavy (non-hydrogen) atoms. The van der Waals surface area contributed by atoms with Gasteiger partial charge in [-0.05, 0) is 45.1 Å². The average molecular weight is 492 g/mol. The predicted octanol–water partition coefficient (Wildman–Crippen LogP) is 3.44. The molecule has 0 heterocycles. The van der Waals surface area contributed by atoms with Gasteiger partial charge in [0.15, 0.2) is 5.78 Å². The van der Waals surface area contributed by atoms with Crippen LogP contribution in [0.2, 0.25) is 0 Å². The first kappa shape index (κ1) is 30.1. The fraction of sp³-hybridized carbons (Fsp3) is 0.615. The smallest absolute Gasteiger partial charge is 0.408 e. The van der Waals surface area contributed by atoms with Gasteiger partial charge in [-0.1, -0.05) is 57.9 Å². The molecule has 9 nitrogen and oxygen atoms in total. The molecule has 0 bridgehead atoms. The molecule has 3 unspecified atom stereocenters. The lowest BCUT2D eigenvalue weighted by molar-refractivity contribution is -0.142. The Morgan fingerprint density at radius 2 is 1.69 bits per heavy atom. The second kappa shape index (κ2) is 13.8. The zero-order valence-electron chi connectivity index (χ0n) is 21.7. The van der Waals surface area contributed by atoms with Crippen molar-refractivity contribution in [3.8, 4) is 0 Å². The molecule has 0 spiro atoms. The highest BCUT2D eigenvalue weighted by Gasteiger charge is 2.29. The van der Waals surface area contributed by atoms with Gasteiger partial charge >= 0.3 is 12.1 Å². The van der Waals surface area contributed by atoms with Crippen molar-refractivity contribution in [2.45, 2.75) is 97.4 Å². The number of ether oxygens (including phenoxy) is 1. The van der Waals surface area contributed by atoms with E-state index >= 15 is 0 Å². The van der Waals surface area contributed by atoms with E-state index in [4.69, 9.17) is 10.5 Å². The first-order chi connectivity index (χ1) is 16.2. The number of aliphatic carboxylic acids is 1. The Balaban J connectivity index is 3.06. The number of amides is 2. The Bertz CT molecular complexity index is 878. The topological polar surface area (TPSA) is 148 Å². The van der Waals surface area contributed by atoms with Crippen molar-refractivity contribution in [2.75, 3.05) is 0 Å². The number of unbranched alkanes of at least 4 members (excludes halogenated alkanes) is 1. The highest BCUT2D eigenvalue weighted by Crippen LogP contribution is 2.17. The number of benzene rings is 1. The van der Waals surface area contributed by atoms with Gasteiger partial charge < -0.3 is 26.2 Å². The molecule has 0 radical (unpaired) electrons. The Morgan fingerprint density at radius 3 is 2.23 bits per heavy atom. The molecule has 5 N–H and O–H groups in total. The van der Waals surface area contributed by atoms with Gasteiger partial charge in [0.1, 0.15) is 17.7 Å². The highest BCUT2D eigenvalue weighted by molar-refractivity contribution is 6.01. The Morgan fingerprint density at radius 1 is 1.06 bits per heavy atom. The summed E-state index contributed by atoms with van der Waals surface area (Å²) in [5.74, 6) is -1.92. The second-order valence-electron chi connectivity index (χ2n) is 10.2. The summed E-state index contributed by atoms with van der Waals surface area (Å²) in [6.45, 7) is 11.0.